The quantitative estimate of drug-likeness (QED) is 0.187. The van der Waals surface area contributed by atoms with Crippen LogP contribution in [0.5, 0.6) is 0 Å². The van der Waals surface area contributed by atoms with E-state index in [9.17, 15) is 9.59 Å². The van der Waals surface area contributed by atoms with Crippen LogP contribution in [-0.2, 0) is 12.8 Å². The number of fused-ring (bicyclic) bond motifs is 4. The van der Waals surface area contributed by atoms with Crippen molar-refractivity contribution in [3.63, 3.8) is 0 Å². The van der Waals surface area contributed by atoms with Gasteiger partial charge in [-0.1, -0.05) is 25.7 Å². The lowest BCUT2D eigenvalue weighted by Crippen LogP contribution is -2.17. The lowest BCUT2D eigenvalue weighted by Gasteiger charge is -2.19. The number of thiophene rings is 2. The summed E-state index contributed by atoms with van der Waals surface area (Å²) in [6.45, 7) is 1.77. The van der Waals surface area contributed by atoms with Crippen LogP contribution in [0.15, 0.2) is 22.9 Å². The molecule has 0 bridgehead atoms. The molecule has 0 saturated carbocycles. The van der Waals surface area contributed by atoms with Crippen molar-refractivity contribution in [3.05, 3.63) is 45.4 Å². The number of carbonyl (C=O) groups is 2. The van der Waals surface area contributed by atoms with Crippen molar-refractivity contribution in [1.29, 1.82) is 0 Å². The van der Waals surface area contributed by atoms with Gasteiger partial charge in [0.05, 0.1) is 33.9 Å². The summed E-state index contributed by atoms with van der Waals surface area (Å²) in [6, 6.07) is 4.18. The van der Waals surface area contributed by atoms with Crippen LogP contribution in [0.2, 0.25) is 0 Å². The fourth-order valence-electron chi connectivity index (χ4n) is 5.87. The summed E-state index contributed by atoms with van der Waals surface area (Å²) in [5, 5.41) is 13.5. The molecule has 0 spiro atoms. The summed E-state index contributed by atoms with van der Waals surface area (Å²) >= 11 is 3.30. The second-order valence-corrected chi connectivity index (χ2v) is 12.2. The predicted octanol–water partition coefficient (Wildman–Crippen LogP) is 7.81. The van der Waals surface area contributed by atoms with E-state index in [1.807, 2.05) is 0 Å². The van der Waals surface area contributed by atoms with E-state index in [1.54, 1.807) is 22.7 Å². The normalized spacial score (nSPS) is 15.2. The maximum absolute atomic E-state index is 12.7. The molecule has 2 N–H and O–H groups in total. The van der Waals surface area contributed by atoms with E-state index in [-0.39, 0.29) is 11.6 Å². The van der Waals surface area contributed by atoms with Crippen LogP contribution in [0.1, 0.15) is 96.3 Å². The van der Waals surface area contributed by atoms with E-state index in [0.717, 1.165) is 106 Å². The van der Waals surface area contributed by atoms with Gasteiger partial charge < -0.3 is 10.6 Å². The number of pyridine rings is 2. The molecular weight excluding hydrogens is 512 g/mol. The number of Topliss-reactive ketones (excluding diaryl/α,β-unsaturated/α-hetero) is 2. The van der Waals surface area contributed by atoms with Crippen molar-refractivity contribution in [1.82, 2.24) is 9.97 Å². The smallest absolute Gasteiger partial charge is 0.166 e. The van der Waals surface area contributed by atoms with Crippen molar-refractivity contribution in [3.8, 4) is 0 Å². The summed E-state index contributed by atoms with van der Waals surface area (Å²) in [5.41, 5.74) is 5.66. The molecule has 0 radical (unpaired) electrons. The van der Waals surface area contributed by atoms with Gasteiger partial charge in [0.2, 0.25) is 0 Å². The van der Waals surface area contributed by atoms with Gasteiger partial charge in [0.15, 0.2) is 11.6 Å². The molecule has 2 aliphatic carbocycles. The molecule has 0 aromatic carbocycles. The first-order chi connectivity index (χ1) is 18.7. The van der Waals surface area contributed by atoms with E-state index in [1.165, 1.54) is 25.7 Å². The molecule has 8 heteroatoms. The van der Waals surface area contributed by atoms with Crippen molar-refractivity contribution in [2.45, 2.75) is 77.0 Å². The highest BCUT2D eigenvalue weighted by Gasteiger charge is 2.26. The van der Waals surface area contributed by atoms with Gasteiger partial charge in [0.25, 0.3) is 0 Å². The Labute approximate surface area is 231 Å². The minimum Gasteiger partial charge on any atom is -0.384 e. The van der Waals surface area contributed by atoms with Crippen molar-refractivity contribution < 1.29 is 9.59 Å². The first-order valence-electron chi connectivity index (χ1n) is 14.0. The Morgan fingerprint density at radius 1 is 0.632 bits per heavy atom. The monoisotopic (exact) mass is 546 g/mol. The third-order valence-corrected chi connectivity index (χ3v) is 9.39. The fraction of sp³-hybridized carbons (Fsp3) is 0.467. The van der Waals surface area contributed by atoms with Crippen molar-refractivity contribution in [2.24, 2.45) is 0 Å². The lowest BCUT2D eigenvalue weighted by molar-refractivity contribution is 0.0964. The topological polar surface area (TPSA) is 84.0 Å². The molecule has 6 rings (SSSR count). The van der Waals surface area contributed by atoms with Crippen LogP contribution in [0.25, 0.3) is 20.4 Å². The van der Waals surface area contributed by atoms with Gasteiger partial charge in [-0.05, 0) is 61.4 Å². The van der Waals surface area contributed by atoms with E-state index >= 15 is 0 Å². The highest BCUT2D eigenvalue weighted by Crippen LogP contribution is 2.37. The summed E-state index contributed by atoms with van der Waals surface area (Å²) < 4.78 is 0. The van der Waals surface area contributed by atoms with Gasteiger partial charge in [-0.3, -0.25) is 9.59 Å². The Morgan fingerprint density at radius 3 is 1.55 bits per heavy atom. The van der Waals surface area contributed by atoms with E-state index in [0.29, 0.717) is 12.8 Å². The number of aryl methyl sites for hydroxylation is 2. The molecule has 198 valence electrons. The molecule has 6 nitrogen and oxygen atoms in total. The van der Waals surface area contributed by atoms with Gasteiger partial charge in [0.1, 0.15) is 9.66 Å². The molecule has 0 unspecified atom stereocenters. The highest BCUT2D eigenvalue weighted by molar-refractivity contribution is 7.17. The van der Waals surface area contributed by atoms with Crippen LogP contribution >= 0.6 is 22.7 Å². The Bertz CT molecular complexity index is 1380. The van der Waals surface area contributed by atoms with Gasteiger partial charge >= 0.3 is 0 Å². The van der Waals surface area contributed by atoms with Crippen LogP contribution in [0.4, 0.5) is 11.4 Å². The third-order valence-electron chi connectivity index (χ3n) is 7.78. The maximum Gasteiger partial charge on any atom is 0.166 e. The molecule has 4 aromatic rings. The molecule has 38 heavy (non-hydrogen) atoms. The predicted molar refractivity (Wildman–Crippen MR) is 158 cm³/mol. The van der Waals surface area contributed by atoms with E-state index in [2.05, 4.69) is 33.5 Å². The Balaban J connectivity index is 0.949. The number of carbonyl (C=O) groups excluding carboxylic acids is 2. The van der Waals surface area contributed by atoms with Crippen LogP contribution in [0, 0.1) is 0 Å². The minimum atomic E-state index is 0.235. The van der Waals surface area contributed by atoms with Gasteiger partial charge in [0, 0.05) is 36.7 Å². The first-order valence-corrected chi connectivity index (χ1v) is 15.8. The van der Waals surface area contributed by atoms with Crippen molar-refractivity contribution >= 4 is 66.0 Å². The molecule has 0 fully saturated rings. The summed E-state index contributed by atoms with van der Waals surface area (Å²) in [6.07, 6.45) is 11.8. The van der Waals surface area contributed by atoms with Gasteiger partial charge in [-0.25, -0.2) is 9.97 Å². The largest absolute Gasteiger partial charge is 0.384 e. The number of hydrogen-bond donors (Lipinski definition) is 2. The molecule has 4 heterocycles. The number of ketones is 2. The fourth-order valence-corrected chi connectivity index (χ4v) is 7.45. The lowest BCUT2D eigenvalue weighted by atomic mass is 9.92. The van der Waals surface area contributed by atoms with Gasteiger partial charge in [-0.2, -0.15) is 0 Å². The van der Waals surface area contributed by atoms with Crippen LogP contribution in [0.3, 0.4) is 0 Å². The van der Waals surface area contributed by atoms with Crippen LogP contribution < -0.4 is 10.6 Å². The van der Waals surface area contributed by atoms with Gasteiger partial charge in [-0.15, -0.1) is 22.7 Å². The number of nitrogens with zero attached hydrogens (tertiary/aromatic N) is 2. The second kappa shape index (κ2) is 11.5. The molecule has 4 aromatic heterocycles. The zero-order valence-corrected chi connectivity index (χ0v) is 23.4. The average molecular weight is 547 g/mol. The number of aromatic nitrogens is 2. The SMILES string of the molecule is O=C1CCCc2nc3sccc3c(NCCCCCCCCNc3c4c(nc5sccc35)CCCC4=O)c21. The maximum atomic E-state index is 12.7. The van der Waals surface area contributed by atoms with E-state index < -0.39 is 0 Å². The molecular formula is C30H34N4O2S2. The molecule has 0 atom stereocenters. The average Bonchev–Trinajstić information content (AvgIpc) is 3.58. The van der Waals surface area contributed by atoms with Crippen LogP contribution in [-0.4, -0.2) is 34.6 Å². The minimum absolute atomic E-state index is 0.235. The van der Waals surface area contributed by atoms with E-state index in [4.69, 9.17) is 9.97 Å². The number of hydrogen-bond acceptors (Lipinski definition) is 8. The molecule has 0 amide bonds. The van der Waals surface area contributed by atoms with Crippen molar-refractivity contribution in [2.75, 3.05) is 23.7 Å². The molecule has 0 aliphatic heterocycles. The number of unbranched alkanes of at least 4 members (excludes halogenated alkanes) is 5. The Hall–Kier alpha value is -2.84. The first kappa shape index (κ1) is 25.4. The second-order valence-electron chi connectivity index (χ2n) is 10.4. The Morgan fingerprint density at radius 2 is 1.08 bits per heavy atom. The third kappa shape index (κ3) is 5.08. The zero-order valence-electron chi connectivity index (χ0n) is 21.7. The number of nitrogens with one attached hydrogen (secondary N) is 2. The molecule has 0 saturated heterocycles. The molecule has 2 aliphatic rings. The highest BCUT2D eigenvalue weighted by atomic mass is 32.1. The summed E-state index contributed by atoms with van der Waals surface area (Å²) in [5.74, 6) is 0.471. The standard InChI is InChI=1S/C30H34N4O2S2/c35-23-11-7-9-21-25(23)27(19-13-17-37-29(19)33-21)31-15-5-3-1-2-4-6-16-32-28-20-14-18-38-30(20)34-22-10-8-12-24(36)26(22)28/h13-14,17-18H,1-12,15-16H2,(H,31,33)(H,32,34). The summed E-state index contributed by atoms with van der Waals surface area (Å²) in [4.78, 5) is 36.9. The number of rotatable bonds is 11. The zero-order chi connectivity index (χ0) is 25.9. The number of anilines is 2. The Kier molecular flexibility index (Phi) is 7.70. The summed E-state index contributed by atoms with van der Waals surface area (Å²) in [7, 11) is 0.